The van der Waals surface area contributed by atoms with E-state index in [1.165, 1.54) is 36.1 Å². The molecular weight excluding hydrogens is 570 g/mol. The molecule has 1 aliphatic heterocycles. The lowest BCUT2D eigenvalue weighted by Gasteiger charge is -2.37. The van der Waals surface area contributed by atoms with E-state index < -0.39 is 56.7 Å². The molecule has 2 amide bonds. The molecule has 2 aromatic carbocycles. The first-order chi connectivity index (χ1) is 19.9. The Kier molecular flexibility index (Phi) is 10.5. The molecule has 3 rings (SSSR count). The van der Waals surface area contributed by atoms with Crippen molar-refractivity contribution in [2.75, 3.05) is 0 Å². The minimum atomic E-state index is -3.84. The number of fused-ring (bicyclic) bond motifs is 1. The van der Waals surface area contributed by atoms with Crippen molar-refractivity contribution in [2.45, 2.75) is 84.3 Å². The van der Waals surface area contributed by atoms with Crippen LogP contribution in [0.3, 0.4) is 0 Å². The molecule has 3 N–H and O–H groups in total. The van der Waals surface area contributed by atoms with Gasteiger partial charge < -0.3 is 10.2 Å². The smallest absolute Gasteiger partial charge is 0.255 e. The number of nitrogens with zero attached hydrogens (tertiary/aromatic N) is 1. The van der Waals surface area contributed by atoms with Gasteiger partial charge in [-0.05, 0) is 54.0 Å². The van der Waals surface area contributed by atoms with Gasteiger partial charge >= 0.3 is 0 Å². The van der Waals surface area contributed by atoms with Crippen LogP contribution < -0.4 is 10.5 Å². The van der Waals surface area contributed by atoms with Gasteiger partial charge in [-0.2, -0.15) is 0 Å². The molecule has 2 aromatic rings. The van der Waals surface area contributed by atoms with Crippen molar-refractivity contribution in [3.63, 3.8) is 0 Å². The Morgan fingerprint density at radius 1 is 0.977 bits per heavy atom. The molecule has 0 unspecified atom stereocenters. The fourth-order valence-electron chi connectivity index (χ4n) is 5.32. The molecule has 0 fully saturated rings. The Bertz CT molecular complexity index is 1510. The fourth-order valence-corrected chi connectivity index (χ4v) is 5.83. The third-order valence-electron chi connectivity index (χ3n) is 7.80. The van der Waals surface area contributed by atoms with E-state index in [1.807, 2.05) is 32.9 Å². The number of amides is 2. The van der Waals surface area contributed by atoms with Crippen LogP contribution >= 0.6 is 0 Å². The summed E-state index contributed by atoms with van der Waals surface area (Å²) in [5.41, 5.74) is 1.42. The maximum Gasteiger partial charge on any atom is 0.255 e. The first-order valence-corrected chi connectivity index (χ1v) is 15.9. The van der Waals surface area contributed by atoms with Crippen LogP contribution in [0.25, 0.3) is 0 Å². The fraction of sp³-hybridized carbons (Fsp3) is 0.469. The van der Waals surface area contributed by atoms with E-state index in [2.05, 4.69) is 5.32 Å². The van der Waals surface area contributed by atoms with E-state index in [4.69, 9.17) is 5.14 Å². The third kappa shape index (κ3) is 8.23. The minimum Gasteiger partial charge on any atom is -0.345 e. The normalized spacial score (nSPS) is 15.5. The Balaban J connectivity index is 1.64. The number of hydrogen-bond donors (Lipinski definition) is 2. The molecule has 43 heavy (non-hydrogen) atoms. The van der Waals surface area contributed by atoms with Crippen molar-refractivity contribution in [2.24, 2.45) is 22.4 Å². The van der Waals surface area contributed by atoms with Crippen molar-refractivity contribution in [1.29, 1.82) is 0 Å². The number of nitrogens with two attached hydrogens (primary N) is 1. The predicted octanol–water partition coefficient (Wildman–Crippen LogP) is 3.21. The van der Waals surface area contributed by atoms with Gasteiger partial charge in [-0.15, -0.1) is 0 Å². The van der Waals surface area contributed by atoms with Crippen molar-refractivity contribution >= 4 is 39.2 Å². The van der Waals surface area contributed by atoms with Crippen LogP contribution in [0, 0.1) is 17.3 Å². The average Bonchev–Trinajstić information content (AvgIpc) is 3.24. The van der Waals surface area contributed by atoms with Gasteiger partial charge in [-0.1, -0.05) is 65.0 Å². The molecule has 0 aromatic heterocycles. The van der Waals surface area contributed by atoms with Crippen LogP contribution in [0.2, 0.25) is 0 Å². The van der Waals surface area contributed by atoms with Crippen LogP contribution in [0.5, 0.6) is 0 Å². The summed E-state index contributed by atoms with van der Waals surface area (Å²) in [6.07, 6.45) is -0.105. The third-order valence-corrected chi connectivity index (χ3v) is 8.73. The Morgan fingerprint density at radius 2 is 1.58 bits per heavy atom. The average molecular weight is 612 g/mol. The van der Waals surface area contributed by atoms with Gasteiger partial charge in [0.25, 0.3) is 5.91 Å². The molecule has 10 nitrogen and oxygen atoms in total. The number of primary sulfonamides is 1. The molecule has 11 heteroatoms. The lowest BCUT2D eigenvalue weighted by Crippen LogP contribution is -2.56. The zero-order valence-corrected chi connectivity index (χ0v) is 26.4. The number of benzene rings is 2. The van der Waals surface area contributed by atoms with Crippen molar-refractivity contribution in [1.82, 2.24) is 10.2 Å². The van der Waals surface area contributed by atoms with Gasteiger partial charge in [0, 0.05) is 30.9 Å². The summed E-state index contributed by atoms with van der Waals surface area (Å²) in [5, 5.41) is 7.86. The van der Waals surface area contributed by atoms with E-state index in [-0.39, 0.29) is 42.5 Å². The van der Waals surface area contributed by atoms with Crippen molar-refractivity contribution in [3.8, 4) is 0 Å². The topological polar surface area (TPSA) is 161 Å². The van der Waals surface area contributed by atoms with Gasteiger partial charge in [-0.25, -0.2) is 13.6 Å². The van der Waals surface area contributed by atoms with E-state index in [0.29, 0.717) is 11.1 Å². The van der Waals surface area contributed by atoms with Crippen molar-refractivity contribution in [3.05, 3.63) is 65.2 Å². The van der Waals surface area contributed by atoms with E-state index in [9.17, 15) is 32.4 Å². The standard InChI is InChI=1S/C32H41N3O7S/c1-19(2)25(28(38)26(36)16-13-21-11-14-23(15-12-21)43(33,41)42)17-27(37)20(3)34-30(39)29(32(4,5)6)35-18-22-9-7-8-10-24(22)31(35)40/h7-12,14-15,19-20,25,29H,13,16-18H2,1-6H3,(H,34,39)(H2,33,41,42)/t20-,25-,29+/m0/s1. The molecule has 0 radical (unpaired) electrons. The highest BCUT2D eigenvalue weighted by molar-refractivity contribution is 7.89. The molecular formula is C32H41N3O7S. The first-order valence-electron chi connectivity index (χ1n) is 14.3. The summed E-state index contributed by atoms with van der Waals surface area (Å²) >= 11 is 0. The number of aryl methyl sites for hydroxylation is 1. The number of hydrogen-bond acceptors (Lipinski definition) is 7. The molecule has 1 aliphatic rings. The quantitative estimate of drug-likeness (QED) is 0.329. The van der Waals surface area contributed by atoms with Crippen LogP contribution in [-0.2, 0) is 42.2 Å². The maximum atomic E-state index is 13.5. The summed E-state index contributed by atoms with van der Waals surface area (Å²) in [4.78, 5) is 67.3. The maximum absolute atomic E-state index is 13.5. The van der Waals surface area contributed by atoms with Gasteiger partial charge in [0.1, 0.15) is 6.04 Å². The van der Waals surface area contributed by atoms with Crippen molar-refractivity contribution < 1.29 is 32.4 Å². The summed E-state index contributed by atoms with van der Waals surface area (Å²) in [6, 6.07) is 11.2. The molecule has 3 atom stereocenters. The summed E-state index contributed by atoms with van der Waals surface area (Å²) < 4.78 is 22.9. The predicted molar refractivity (Wildman–Crippen MR) is 161 cm³/mol. The van der Waals surface area contributed by atoms with Gasteiger partial charge in [0.2, 0.25) is 21.7 Å². The summed E-state index contributed by atoms with van der Waals surface area (Å²) in [5.74, 6) is -3.55. The largest absolute Gasteiger partial charge is 0.345 e. The van der Waals surface area contributed by atoms with E-state index in [0.717, 1.165) is 5.56 Å². The van der Waals surface area contributed by atoms with Crippen LogP contribution in [0.1, 0.15) is 75.9 Å². The monoisotopic (exact) mass is 611 g/mol. The molecule has 0 bridgehead atoms. The second-order valence-corrected chi connectivity index (χ2v) is 14.1. The zero-order valence-electron chi connectivity index (χ0n) is 25.5. The number of carbonyl (C=O) groups excluding carboxylic acids is 5. The summed E-state index contributed by atoms with van der Waals surface area (Å²) in [7, 11) is -3.84. The highest BCUT2D eigenvalue weighted by Crippen LogP contribution is 2.32. The first kappa shape index (κ1) is 33.8. The van der Waals surface area contributed by atoms with Gasteiger partial charge in [0.05, 0.1) is 10.9 Å². The van der Waals surface area contributed by atoms with Crippen LogP contribution in [0.4, 0.5) is 0 Å². The highest BCUT2D eigenvalue weighted by atomic mass is 32.2. The molecule has 1 heterocycles. The van der Waals surface area contributed by atoms with E-state index >= 15 is 0 Å². The number of ketones is 3. The molecule has 0 saturated carbocycles. The SMILES string of the molecule is CC(C)[C@H](CC(=O)[C@H](C)NC(=O)[C@@H](N1Cc2ccccc2C1=O)C(C)(C)C)C(=O)C(=O)CCc1ccc(S(N)(=O)=O)cc1. The number of nitrogens with one attached hydrogen (secondary N) is 1. The van der Waals surface area contributed by atoms with Crippen LogP contribution in [0.15, 0.2) is 53.4 Å². The Labute approximate surface area is 253 Å². The number of sulfonamides is 1. The number of carbonyl (C=O) groups is 5. The second-order valence-electron chi connectivity index (χ2n) is 12.6. The van der Waals surface area contributed by atoms with Crippen LogP contribution in [-0.4, -0.2) is 54.6 Å². The minimum absolute atomic E-state index is 0.0517. The Hall–Kier alpha value is -3.70. The zero-order chi connectivity index (χ0) is 32.3. The number of Topliss-reactive ketones (excluding diaryl/α,β-unsaturated/α-hetero) is 3. The highest BCUT2D eigenvalue weighted by Gasteiger charge is 2.43. The second kappa shape index (κ2) is 13.3. The molecule has 0 aliphatic carbocycles. The van der Waals surface area contributed by atoms with E-state index in [1.54, 1.807) is 26.0 Å². The number of rotatable bonds is 13. The molecule has 0 spiro atoms. The Morgan fingerprint density at radius 3 is 2.12 bits per heavy atom. The lowest BCUT2D eigenvalue weighted by atomic mass is 9.82. The molecule has 232 valence electrons. The van der Waals surface area contributed by atoms with Gasteiger partial charge in [0.15, 0.2) is 11.6 Å². The molecule has 0 saturated heterocycles. The van der Waals surface area contributed by atoms with Gasteiger partial charge in [-0.3, -0.25) is 24.0 Å². The summed E-state index contributed by atoms with van der Waals surface area (Å²) in [6.45, 7) is 10.9. The lowest BCUT2D eigenvalue weighted by molar-refractivity contribution is -0.141.